The van der Waals surface area contributed by atoms with Gasteiger partial charge in [0, 0.05) is 25.3 Å². The number of aromatic nitrogens is 1. The first-order chi connectivity index (χ1) is 12.5. The van der Waals surface area contributed by atoms with Crippen molar-refractivity contribution in [2.45, 2.75) is 18.9 Å². The molecule has 0 bridgehead atoms. The first kappa shape index (κ1) is 16.8. The lowest BCUT2D eigenvalue weighted by Gasteiger charge is -2.24. The Labute approximate surface area is 148 Å². The number of carboxylic acids is 1. The quantitative estimate of drug-likeness (QED) is 0.768. The molecule has 0 spiro atoms. The molecule has 2 aromatic rings. The Kier molecular flexibility index (Phi) is 4.07. The summed E-state index contributed by atoms with van der Waals surface area (Å²) in [4.78, 5) is 28.4. The molecule has 2 fully saturated rings. The number of carbonyl (C=O) groups is 1. The summed E-state index contributed by atoms with van der Waals surface area (Å²) < 4.78 is 20.3. The Morgan fingerprint density at radius 1 is 1.42 bits per heavy atom. The number of nitrogens with zero attached hydrogens (tertiary/aromatic N) is 1. The van der Waals surface area contributed by atoms with E-state index < -0.39 is 17.2 Å². The van der Waals surface area contributed by atoms with E-state index >= 15 is 4.39 Å². The van der Waals surface area contributed by atoms with Crippen LogP contribution in [0.4, 0.5) is 10.1 Å². The molecule has 2 aliphatic rings. The van der Waals surface area contributed by atoms with E-state index in [-0.39, 0.29) is 27.9 Å². The highest BCUT2D eigenvalue weighted by atomic mass is 19.1. The van der Waals surface area contributed by atoms with Gasteiger partial charge in [0.15, 0.2) is 11.6 Å². The summed E-state index contributed by atoms with van der Waals surface area (Å²) in [7, 11) is 1.33. The van der Waals surface area contributed by atoms with E-state index in [0.29, 0.717) is 25.0 Å². The molecular formula is C18H20FN3O4. The number of fused-ring (bicyclic) bond motifs is 2. The lowest BCUT2D eigenvalue weighted by molar-refractivity contribution is 0.0695. The first-order valence-corrected chi connectivity index (χ1v) is 8.64. The number of piperidine rings is 1. The van der Waals surface area contributed by atoms with Crippen molar-refractivity contribution in [2.75, 3.05) is 31.6 Å². The summed E-state index contributed by atoms with van der Waals surface area (Å²) in [6.45, 7) is 2.30. The average molecular weight is 361 g/mol. The molecule has 0 aliphatic carbocycles. The fourth-order valence-electron chi connectivity index (χ4n) is 4.12. The van der Waals surface area contributed by atoms with Gasteiger partial charge >= 0.3 is 5.97 Å². The van der Waals surface area contributed by atoms with Crippen molar-refractivity contribution >= 4 is 22.6 Å². The van der Waals surface area contributed by atoms with E-state index in [0.717, 1.165) is 25.6 Å². The van der Waals surface area contributed by atoms with Crippen molar-refractivity contribution in [1.82, 2.24) is 10.3 Å². The Balaban J connectivity index is 1.87. The zero-order chi connectivity index (χ0) is 18.4. The number of aromatic amines is 1. The van der Waals surface area contributed by atoms with Crippen molar-refractivity contribution in [1.29, 1.82) is 0 Å². The zero-order valence-corrected chi connectivity index (χ0v) is 14.3. The van der Waals surface area contributed by atoms with Gasteiger partial charge in [0.1, 0.15) is 5.56 Å². The summed E-state index contributed by atoms with van der Waals surface area (Å²) in [5.74, 6) is -1.50. The van der Waals surface area contributed by atoms with E-state index in [4.69, 9.17) is 4.74 Å². The lowest BCUT2D eigenvalue weighted by Crippen LogP contribution is -2.40. The minimum absolute atomic E-state index is 0.0747. The number of hydrogen-bond donors (Lipinski definition) is 3. The normalized spacial score (nSPS) is 22.5. The van der Waals surface area contributed by atoms with Gasteiger partial charge in [-0.3, -0.25) is 4.79 Å². The minimum Gasteiger partial charge on any atom is -0.491 e. The third-order valence-corrected chi connectivity index (χ3v) is 5.43. The number of methoxy groups -OCH3 is 1. The molecule has 0 radical (unpaired) electrons. The van der Waals surface area contributed by atoms with Gasteiger partial charge < -0.3 is 25.0 Å². The first-order valence-electron chi connectivity index (χ1n) is 8.64. The molecule has 26 heavy (non-hydrogen) atoms. The minimum atomic E-state index is -1.32. The summed E-state index contributed by atoms with van der Waals surface area (Å²) in [5, 5.41) is 12.8. The molecule has 1 aromatic carbocycles. The van der Waals surface area contributed by atoms with Crippen LogP contribution in [0.1, 0.15) is 23.2 Å². The summed E-state index contributed by atoms with van der Waals surface area (Å²) in [5.41, 5.74) is -0.591. The molecule has 0 saturated carbocycles. The zero-order valence-electron chi connectivity index (χ0n) is 14.3. The number of pyridine rings is 1. The van der Waals surface area contributed by atoms with Crippen LogP contribution >= 0.6 is 0 Å². The number of H-pyrrole nitrogens is 1. The number of nitrogens with one attached hydrogen (secondary N) is 2. The van der Waals surface area contributed by atoms with Crippen LogP contribution in [0.15, 0.2) is 17.1 Å². The van der Waals surface area contributed by atoms with Crippen LogP contribution in [-0.4, -0.2) is 48.8 Å². The van der Waals surface area contributed by atoms with E-state index in [1.165, 1.54) is 13.2 Å². The smallest absolute Gasteiger partial charge is 0.341 e. The number of rotatable bonds is 3. The van der Waals surface area contributed by atoms with E-state index in [1.807, 2.05) is 4.90 Å². The number of benzene rings is 1. The highest BCUT2D eigenvalue weighted by molar-refractivity contribution is 5.95. The topological polar surface area (TPSA) is 94.7 Å². The number of aromatic carboxylic acids is 1. The number of hydrogen-bond acceptors (Lipinski definition) is 5. The third kappa shape index (κ3) is 2.52. The lowest BCUT2D eigenvalue weighted by atomic mass is 9.94. The van der Waals surface area contributed by atoms with Gasteiger partial charge in [0.05, 0.1) is 23.7 Å². The average Bonchev–Trinajstić information content (AvgIpc) is 3.05. The molecule has 2 saturated heterocycles. The van der Waals surface area contributed by atoms with Crippen LogP contribution < -0.4 is 20.4 Å². The van der Waals surface area contributed by atoms with Gasteiger partial charge in [-0.05, 0) is 31.4 Å². The fraction of sp³-hybridized carbons (Fsp3) is 0.444. The Hall–Kier alpha value is -2.61. The van der Waals surface area contributed by atoms with E-state index in [9.17, 15) is 14.7 Å². The number of halogens is 1. The van der Waals surface area contributed by atoms with Crippen LogP contribution in [-0.2, 0) is 0 Å². The van der Waals surface area contributed by atoms with Crippen molar-refractivity contribution in [3.63, 3.8) is 0 Å². The molecule has 3 heterocycles. The second kappa shape index (κ2) is 6.28. The van der Waals surface area contributed by atoms with Gasteiger partial charge in [0.2, 0.25) is 5.43 Å². The standard InChI is InChI=1S/C18H20FN3O4/c1-26-17-14(19)13(22-7-9-3-2-4-20-12(9)8-22)5-10-15(17)21-6-11(16(10)23)18(24)25/h5-6,9,12,20H,2-4,7-8H2,1H3,(H,21,23)(H,24,25). The maximum Gasteiger partial charge on any atom is 0.341 e. The second-order valence-corrected chi connectivity index (χ2v) is 6.87. The maximum atomic E-state index is 15.1. The van der Waals surface area contributed by atoms with Crippen LogP contribution in [0.3, 0.4) is 0 Å². The number of anilines is 1. The molecule has 1 aromatic heterocycles. The Bertz CT molecular complexity index is 928. The van der Waals surface area contributed by atoms with Crippen LogP contribution in [0.5, 0.6) is 5.75 Å². The number of ether oxygens (including phenoxy) is 1. The monoisotopic (exact) mass is 361 g/mol. The molecule has 3 N–H and O–H groups in total. The van der Waals surface area contributed by atoms with Gasteiger partial charge in [-0.15, -0.1) is 0 Å². The van der Waals surface area contributed by atoms with E-state index in [1.54, 1.807) is 0 Å². The highest BCUT2D eigenvalue weighted by Gasteiger charge is 2.36. The largest absolute Gasteiger partial charge is 0.491 e. The van der Waals surface area contributed by atoms with Crippen molar-refractivity contribution in [2.24, 2.45) is 5.92 Å². The predicted octanol–water partition coefficient (Wildman–Crippen LogP) is 1.56. The SMILES string of the molecule is COc1c(F)c(N2CC3CCCNC3C2)cc2c(=O)c(C(=O)O)c[nH]c12. The summed E-state index contributed by atoms with van der Waals surface area (Å²) in [6, 6.07) is 1.74. The molecule has 2 aliphatic heterocycles. The molecule has 7 nitrogen and oxygen atoms in total. The summed E-state index contributed by atoms with van der Waals surface area (Å²) >= 11 is 0. The molecule has 2 unspecified atom stereocenters. The third-order valence-electron chi connectivity index (χ3n) is 5.43. The molecule has 138 valence electrons. The molecule has 2 atom stereocenters. The van der Waals surface area contributed by atoms with E-state index in [2.05, 4.69) is 10.3 Å². The predicted molar refractivity (Wildman–Crippen MR) is 94.8 cm³/mol. The molecular weight excluding hydrogens is 341 g/mol. The van der Waals surface area contributed by atoms with Crippen LogP contribution in [0.25, 0.3) is 10.9 Å². The van der Waals surface area contributed by atoms with Crippen molar-refractivity contribution in [3.05, 3.63) is 33.9 Å². The van der Waals surface area contributed by atoms with Crippen LogP contribution in [0.2, 0.25) is 0 Å². The van der Waals surface area contributed by atoms with Gasteiger partial charge in [0.25, 0.3) is 0 Å². The molecule has 0 amide bonds. The maximum absolute atomic E-state index is 15.1. The highest BCUT2D eigenvalue weighted by Crippen LogP contribution is 2.37. The molecule has 4 rings (SSSR count). The van der Waals surface area contributed by atoms with Gasteiger partial charge in [-0.25, -0.2) is 9.18 Å². The van der Waals surface area contributed by atoms with Gasteiger partial charge in [-0.1, -0.05) is 0 Å². The Morgan fingerprint density at radius 2 is 2.23 bits per heavy atom. The Morgan fingerprint density at radius 3 is 2.92 bits per heavy atom. The van der Waals surface area contributed by atoms with Gasteiger partial charge in [-0.2, -0.15) is 0 Å². The van der Waals surface area contributed by atoms with Crippen LogP contribution in [0, 0.1) is 11.7 Å². The fourth-order valence-corrected chi connectivity index (χ4v) is 4.12. The molecule has 8 heteroatoms. The van der Waals surface area contributed by atoms with Crippen molar-refractivity contribution in [3.8, 4) is 5.75 Å². The number of carboxylic acid groups (broad SMARTS) is 1. The summed E-state index contributed by atoms with van der Waals surface area (Å²) in [6.07, 6.45) is 3.26. The second-order valence-electron chi connectivity index (χ2n) is 6.87. The van der Waals surface area contributed by atoms with Crippen molar-refractivity contribution < 1.29 is 19.0 Å².